The lowest BCUT2D eigenvalue weighted by Gasteiger charge is -2.14. The molecule has 0 saturated heterocycles. The quantitative estimate of drug-likeness (QED) is 0.832. The summed E-state index contributed by atoms with van der Waals surface area (Å²) in [5, 5.41) is 2.67. The Morgan fingerprint density at radius 1 is 1.50 bits per heavy atom. The Morgan fingerprint density at radius 2 is 2.19 bits per heavy atom. The summed E-state index contributed by atoms with van der Waals surface area (Å²) in [4.78, 5) is 11.3. The topological polar surface area (TPSA) is 38.3 Å². The lowest BCUT2D eigenvalue weighted by Crippen LogP contribution is -2.30. The zero-order chi connectivity index (χ0) is 12.0. The van der Waals surface area contributed by atoms with Crippen LogP contribution >= 0.6 is 0 Å². The normalized spacial score (nSPS) is 12.2. The van der Waals surface area contributed by atoms with Crippen molar-refractivity contribution in [2.45, 2.75) is 19.9 Å². The number of hydrogen-bond acceptors (Lipinski definition) is 2. The second kappa shape index (κ2) is 6.23. The molecule has 1 unspecified atom stereocenters. The van der Waals surface area contributed by atoms with Crippen LogP contribution in [0, 0.1) is 5.82 Å². The molecule has 1 amide bonds. The van der Waals surface area contributed by atoms with Crippen LogP contribution in [0.1, 0.15) is 25.5 Å². The van der Waals surface area contributed by atoms with E-state index in [9.17, 15) is 9.18 Å². The van der Waals surface area contributed by atoms with Gasteiger partial charge in [0.1, 0.15) is 12.4 Å². The third kappa shape index (κ3) is 3.62. The standard InChI is InChI=1S/C12H16FNO2/c1-3-16-8-12(15)14-9(2)10-6-4-5-7-11(10)13/h4-7,9H,3,8H2,1-2H3,(H,14,15). The zero-order valence-corrected chi connectivity index (χ0v) is 9.50. The Balaban J connectivity index is 2.55. The molecule has 0 radical (unpaired) electrons. The van der Waals surface area contributed by atoms with Gasteiger partial charge in [0, 0.05) is 12.2 Å². The second-order valence-corrected chi connectivity index (χ2v) is 3.45. The molecule has 16 heavy (non-hydrogen) atoms. The maximum Gasteiger partial charge on any atom is 0.246 e. The molecule has 1 N–H and O–H groups in total. The third-order valence-electron chi connectivity index (χ3n) is 2.19. The molecule has 1 aromatic carbocycles. The molecule has 0 heterocycles. The van der Waals surface area contributed by atoms with E-state index in [4.69, 9.17) is 4.74 Å². The number of hydrogen-bond donors (Lipinski definition) is 1. The maximum absolute atomic E-state index is 13.4. The van der Waals surface area contributed by atoms with Crippen molar-refractivity contribution in [3.63, 3.8) is 0 Å². The molecule has 1 rings (SSSR count). The first kappa shape index (κ1) is 12.6. The average Bonchev–Trinajstić information content (AvgIpc) is 2.26. The largest absolute Gasteiger partial charge is 0.372 e. The first-order valence-corrected chi connectivity index (χ1v) is 5.26. The number of ether oxygens (including phenoxy) is 1. The summed E-state index contributed by atoms with van der Waals surface area (Å²) < 4.78 is 18.3. The van der Waals surface area contributed by atoms with Gasteiger partial charge in [-0.3, -0.25) is 4.79 Å². The molecule has 1 atom stereocenters. The van der Waals surface area contributed by atoms with E-state index in [2.05, 4.69) is 5.32 Å². The van der Waals surface area contributed by atoms with Gasteiger partial charge in [-0.05, 0) is 19.9 Å². The predicted molar refractivity (Wildman–Crippen MR) is 59.5 cm³/mol. The van der Waals surface area contributed by atoms with Gasteiger partial charge in [0.2, 0.25) is 5.91 Å². The van der Waals surface area contributed by atoms with Crippen molar-refractivity contribution in [2.75, 3.05) is 13.2 Å². The predicted octanol–water partition coefficient (Wildman–Crippen LogP) is 2.04. The van der Waals surface area contributed by atoms with Crippen LogP contribution in [0.5, 0.6) is 0 Å². The van der Waals surface area contributed by atoms with Crippen LogP contribution in [-0.4, -0.2) is 19.1 Å². The van der Waals surface area contributed by atoms with E-state index >= 15 is 0 Å². The average molecular weight is 225 g/mol. The minimum atomic E-state index is -0.353. The number of carbonyl (C=O) groups is 1. The summed E-state index contributed by atoms with van der Waals surface area (Å²) in [7, 11) is 0. The van der Waals surface area contributed by atoms with Gasteiger partial charge in [-0.25, -0.2) is 4.39 Å². The second-order valence-electron chi connectivity index (χ2n) is 3.45. The number of rotatable bonds is 5. The van der Waals surface area contributed by atoms with E-state index in [1.807, 2.05) is 6.92 Å². The summed E-state index contributed by atoms with van der Waals surface area (Å²) in [5.74, 6) is -0.552. The van der Waals surface area contributed by atoms with Gasteiger partial charge in [-0.15, -0.1) is 0 Å². The third-order valence-corrected chi connectivity index (χ3v) is 2.19. The van der Waals surface area contributed by atoms with Gasteiger partial charge in [-0.1, -0.05) is 18.2 Å². The van der Waals surface area contributed by atoms with Gasteiger partial charge >= 0.3 is 0 Å². The van der Waals surface area contributed by atoms with Crippen LogP contribution < -0.4 is 5.32 Å². The molecule has 0 aromatic heterocycles. The fourth-order valence-electron chi connectivity index (χ4n) is 1.38. The number of halogens is 1. The number of carbonyl (C=O) groups excluding carboxylic acids is 1. The van der Waals surface area contributed by atoms with Crippen LogP contribution in [0.4, 0.5) is 4.39 Å². The summed E-state index contributed by atoms with van der Waals surface area (Å²) in [6.07, 6.45) is 0. The van der Waals surface area contributed by atoms with Gasteiger partial charge < -0.3 is 10.1 Å². The smallest absolute Gasteiger partial charge is 0.246 e. The SMILES string of the molecule is CCOCC(=O)NC(C)c1ccccc1F. The van der Waals surface area contributed by atoms with E-state index in [1.54, 1.807) is 25.1 Å². The molecule has 0 spiro atoms. The minimum absolute atomic E-state index is 0.00922. The monoisotopic (exact) mass is 225 g/mol. The molecular formula is C12H16FNO2. The Kier molecular flexibility index (Phi) is 4.92. The highest BCUT2D eigenvalue weighted by Crippen LogP contribution is 2.15. The maximum atomic E-state index is 13.4. The molecule has 0 bridgehead atoms. The lowest BCUT2D eigenvalue weighted by atomic mass is 10.1. The summed E-state index contributed by atoms with van der Waals surface area (Å²) in [6, 6.07) is 6.03. The van der Waals surface area contributed by atoms with Crippen molar-refractivity contribution < 1.29 is 13.9 Å². The van der Waals surface area contributed by atoms with Gasteiger partial charge in [-0.2, -0.15) is 0 Å². The fraction of sp³-hybridized carbons (Fsp3) is 0.417. The molecule has 0 aliphatic carbocycles. The van der Waals surface area contributed by atoms with E-state index in [0.29, 0.717) is 12.2 Å². The van der Waals surface area contributed by atoms with E-state index < -0.39 is 0 Å². The van der Waals surface area contributed by atoms with Crippen molar-refractivity contribution in [2.24, 2.45) is 0 Å². The summed E-state index contributed by atoms with van der Waals surface area (Å²) in [6.45, 7) is 4.05. The van der Waals surface area contributed by atoms with Crippen LogP contribution in [0.25, 0.3) is 0 Å². The molecule has 0 aliphatic rings. The van der Waals surface area contributed by atoms with Crippen molar-refractivity contribution >= 4 is 5.91 Å². The molecule has 0 saturated carbocycles. The van der Waals surface area contributed by atoms with Crippen molar-refractivity contribution in [3.05, 3.63) is 35.6 Å². The highest BCUT2D eigenvalue weighted by molar-refractivity contribution is 5.77. The Labute approximate surface area is 94.6 Å². The molecular weight excluding hydrogens is 209 g/mol. The molecule has 4 heteroatoms. The van der Waals surface area contributed by atoms with Crippen molar-refractivity contribution in [1.82, 2.24) is 5.32 Å². The van der Waals surface area contributed by atoms with Gasteiger partial charge in [0.25, 0.3) is 0 Å². The number of benzene rings is 1. The van der Waals surface area contributed by atoms with Crippen molar-refractivity contribution in [3.8, 4) is 0 Å². The Morgan fingerprint density at radius 3 is 2.81 bits per heavy atom. The van der Waals surface area contributed by atoms with E-state index in [-0.39, 0.29) is 24.4 Å². The van der Waals surface area contributed by atoms with Crippen molar-refractivity contribution in [1.29, 1.82) is 0 Å². The number of amides is 1. The minimum Gasteiger partial charge on any atom is -0.372 e. The molecule has 0 fully saturated rings. The van der Waals surface area contributed by atoms with E-state index in [1.165, 1.54) is 6.07 Å². The molecule has 0 aliphatic heterocycles. The van der Waals surface area contributed by atoms with Gasteiger partial charge in [0.15, 0.2) is 0 Å². The fourth-order valence-corrected chi connectivity index (χ4v) is 1.38. The van der Waals surface area contributed by atoms with Crippen LogP contribution in [0.15, 0.2) is 24.3 Å². The highest BCUT2D eigenvalue weighted by atomic mass is 19.1. The molecule has 3 nitrogen and oxygen atoms in total. The van der Waals surface area contributed by atoms with E-state index in [0.717, 1.165) is 0 Å². The number of nitrogens with one attached hydrogen (secondary N) is 1. The van der Waals surface area contributed by atoms with Crippen LogP contribution in [-0.2, 0) is 9.53 Å². The Bertz CT molecular complexity index is 355. The Hall–Kier alpha value is -1.42. The molecule has 88 valence electrons. The van der Waals surface area contributed by atoms with Gasteiger partial charge in [0.05, 0.1) is 6.04 Å². The zero-order valence-electron chi connectivity index (χ0n) is 9.50. The summed E-state index contributed by atoms with van der Waals surface area (Å²) in [5.41, 5.74) is 0.479. The van der Waals surface area contributed by atoms with Crippen LogP contribution in [0.2, 0.25) is 0 Å². The summed E-state index contributed by atoms with van der Waals surface area (Å²) >= 11 is 0. The first-order chi connectivity index (χ1) is 7.65. The van der Waals surface area contributed by atoms with Crippen LogP contribution in [0.3, 0.4) is 0 Å². The highest BCUT2D eigenvalue weighted by Gasteiger charge is 2.12. The molecule has 1 aromatic rings. The first-order valence-electron chi connectivity index (χ1n) is 5.26. The lowest BCUT2D eigenvalue weighted by molar-refractivity contribution is -0.126.